The summed E-state index contributed by atoms with van der Waals surface area (Å²) in [6, 6.07) is 13.0. The number of rotatable bonds is 9. The molecule has 4 rings (SSSR count). The summed E-state index contributed by atoms with van der Waals surface area (Å²) < 4.78 is 40.7. The maximum Gasteiger partial charge on any atom is 0.416 e. The lowest BCUT2D eigenvalue weighted by Crippen LogP contribution is -2.14. The van der Waals surface area contributed by atoms with E-state index in [4.69, 9.17) is 5.11 Å². The van der Waals surface area contributed by atoms with E-state index in [2.05, 4.69) is 31.0 Å². The molecule has 0 saturated heterocycles. The van der Waals surface area contributed by atoms with E-state index in [1.54, 1.807) is 28.9 Å². The Balaban J connectivity index is 1.56. The van der Waals surface area contributed by atoms with Crippen molar-refractivity contribution in [3.8, 4) is 5.82 Å². The molecule has 198 valence electrons. The zero-order valence-electron chi connectivity index (χ0n) is 20.7. The number of hydrogen-bond acceptors (Lipinski definition) is 7. The SMILES string of the molecule is Cc1cc(Nc2cc(C(=O)Nc3cccc(C(F)(F)F)c3)ccc2C)n(-c2cc(NCCCO)ncn2)n1. The van der Waals surface area contributed by atoms with E-state index in [1.165, 1.54) is 18.5 Å². The normalized spacial score (nSPS) is 11.3. The Morgan fingerprint density at radius 3 is 2.63 bits per heavy atom. The fourth-order valence-electron chi connectivity index (χ4n) is 3.63. The molecule has 0 atom stereocenters. The number of benzene rings is 2. The van der Waals surface area contributed by atoms with Crippen molar-refractivity contribution in [2.24, 2.45) is 0 Å². The van der Waals surface area contributed by atoms with Gasteiger partial charge in [0.25, 0.3) is 5.91 Å². The van der Waals surface area contributed by atoms with Crippen molar-refractivity contribution in [2.45, 2.75) is 26.4 Å². The Labute approximate surface area is 216 Å². The second-order valence-electron chi connectivity index (χ2n) is 8.54. The lowest BCUT2D eigenvalue weighted by Gasteiger charge is -2.14. The molecule has 9 nitrogen and oxygen atoms in total. The van der Waals surface area contributed by atoms with Gasteiger partial charge >= 0.3 is 6.18 Å². The van der Waals surface area contributed by atoms with Crippen molar-refractivity contribution in [2.75, 3.05) is 29.1 Å². The van der Waals surface area contributed by atoms with Crippen LogP contribution in [0.5, 0.6) is 0 Å². The van der Waals surface area contributed by atoms with Crippen LogP contribution in [0, 0.1) is 13.8 Å². The second-order valence-corrected chi connectivity index (χ2v) is 8.54. The summed E-state index contributed by atoms with van der Waals surface area (Å²) in [6.45, 7) is 4.30. The van der Waals surface area contributed by atoms with Crippen molar-refractivity contribution in [3.05, 3.63) is 83.3 Å². The van der Waals surface area contributed by atoms with E-state index in [1.807, 2.05) is 19.9 Å². The number of aliphatic hydroxyl groups excluding tert-OH is 1. The number of aromatic nitrogens is 4. The van der Waals surface area contributed by atoms with Crippen LogP contribution in [-0.4, -0.2) is 43.9 Å². The van der Waals surface area contributed by atoms with Gasteiger partial charge < -0.3 is 21.1 Å². The lowest BCUT2D eigenvalue weighted by atomic mass is 10.1. The summed E-state index contributed by atoms with van der Waals surface area (Å²) in [5.74, 6) is 1.11. The highest BCUT2D eigenvalue weighted by atomic mass is 19.4. The summed E-state index contributed by atoms with van der Waals surface area (Å²) in [7, 11) is 0. The average molecular weight is 526 g/mol. The van der Waals surface area contributed by atoms with Gasteiger partial charge in [0.05, 0.1) is 11.3 Å². The molecule has 2 aromatic heterocycles. The first-order valence-electron chi connectivity index (χ1n) is 11.7. The van der Waals surface area contributed by atoms with Crippen molar-refractivity contribution >= 4 is 28.9 Å². The monoisotopic (exact) mass is 525 g/mol. The molecule has 4 aromatic rings. The van der Waals surface area contributed by atoms with Crippen LogP contribution in [0.25, 0.3) is 5.82 Å². The highest BCUT2D eigenvalue weighted by Crippen LogP contribution is 2.31. The predicted octanol–water partition coefficient (Wildman–Crippen LogP) is 5.09. The van der Waals surface area contributed by atoms with Crippen LogP contribution in [0.3, 0.4) is 0 Å². The Morgan fingerprint density at radius 1 is 1.05 bits per heavy atom. The van der Waals surface area contributed by atoms with E-state index in [0.717, 1.165) is 23.4 Å². The van der Waals surface area contributed by atoms with Gasteiger partial charge in [-0.25, -0.2) is 9.97 Å². The van der Waals surface area contributed by atoms with Crippen LogP contribution in [0.4, 0.5) is 36.2 Å². The molecule has 0 bridgehead atoms. The number of carbonyl (C=O) groups excluding carboxylic acids is 1. The summed E-state index contributed by atoms with van der Waals surface area (Å²) in [5, 5.41) is 22.4. The highest BCUT2D eigenvalue weighted by Gasteiger charge is 2.30. The molecule has 0 fully saturated rings. The Bertz CT molecular complexity index is 1440. The number of alkyl halides is 3. The van der Waals surface area contributed by atoms with Crippen LogP contribution in [0.1, 0.15) is 33.6 Å². The Hall–Kier alpha value is -4.45. The summed E-state index contributed by atoms with van der Waals surface area (Å²) >= 11 is 0. The van der Waals surface area contributed by atoms with Gasteiger partial charge in [0, 0.05) is 42.2 Å². The number of halogens is 3. The smallest absolute Gasteiger partial charge is 0.396 e. The van der Waals surface area contributed by atoms with Crippen LogP contribution in [0.15, 0.2) is 60.9 Å². The van der Waals surface area contributed by atoms with Crippen LogP contribution >= 0.6 is 0 Å². The molecule has 2 heterocycles. The molecule has 0 aliphatic carbocycles. The number of nitrogens with one attached hydrogen (secondary N) is 3. The maximum atomic E-state index is 13.0. The minimum Gasteiger partial charge on any atom is -0.396 e. The number of hydrogen-bond donors (Lipinski definition) is 4. The van der Waals surface area contributed by atoms with E-state index >= 15 is 0 Å². The molecule has 0 radical (unpaired) electrons. The predicted molar refractivity (Wildman–Crippen MR) is 138 cm³/mol. The molecule has 4 N–H and O–H groups in total. The third-order valence-electron chi connectivity index (χ3n) is 5.55. The quantitative estimate of drug-likeness (QED) is 0.225. The van der Waals surface area contributed by atoms with Crippen molar-refractivity contribution in [3.63, 3.8) is 0 Å². The lowest BCUT2D eigenvalue weighted by molar-refractivity contribution is -0.137. The third kappa shape index (κ3) is 6.45. The molecule has 0 spiro atoms. The molecule has 0 aliphatic rings. The van der Waals surface area contributed by atoms with Crippen molar-refractivity contribution in [1.82, 2.24) is 19.7 Å². The average Bonchev–Trinajstić information content (AvgIpc) is 3.25. The largest absolute Gasteiger partial charge is 0.416 e. The van der Waals surface area contributed by atoms with Gasteiger partial charge in [-0.1, -0.05) is 12.1 Å². The Morgan fingerprint density at radius 2 is 1.87 bits per heavy atom. The topological polar surface area (TPSA) is 117 Å². The number of aliphatic hydroxyl groups is 1. The van der Waals surface area contributed by atoms with Crippen LogP contribution < -0.4 is 16.0 Å². The van der Waals surface area contributed by atoms with Crippen molar-refractivity contribution < 1.29 is 23.1 Å². The van der Waals surface area contributed by atoms with Gasteiger partial charge in [-0.05, 0) is 56.2 Å². The molecule has 38 heavy (non-hydrogen) atoms. The van der Waals surface area contributed by atoms with Gasteiger partial charge in [-0.3, -0.25) is 4.79 Å². The summed E-state index contributed by atoms with van der Waals surface area (Å²) in [4.78, 5) is 21.3. The minimum atomic E-state index is -4.51. The van der Waals surface area contributed by atoms with Gasteiger partial charge in [-0.15, -0.1) is 0 Å². The van der Waals surface area contributed by atoms with Crippen LogP contribution in [-0.2, 0) is 6.18 Å². The van der Waals surface area contributed by atoms with E-state index in [0.29, 0.717) is 36.1 Å². The molecule has 2 aromatic carbocycles. The molecular weight excluding hydrogens is 499 g/mol. The highest BCUT2D eigenvalue weighted by molar-refractivity contribution is 6.05. The zero-order chi connectivity index (χ0) is 27.3. The van der Waals surface area contributed by atoms with Gasteiger partial charge in [0.15, 0.2) is 5.82 Å². The standard InChI is InChI=1S/C26H26F3N7O2/c1-16-7-8-18(25(38)33-20-6-3-5-19(13-20)26(27,28)29)12-21(16)34-24-11-17(2)35-36(24)23-14-22(31-15-32-23)30-9-4-10-37/h3,5-8,11-15,34,37H,4,9-10H2,1-2H3,(H,33,38)(H,30,31,32). The van der Waals surface area contributed by atoms with Gasteiger partial charge in [-0.2, -0.15) is 23.0 Å². The van der Waals surface area contributed by atoms with Crippen LogP contribution in [0.2, 0.25) is 0 Å². The minimum absolute atomic E-state index is 0.0424. The molecule has 1 amide bonds. The fourth-order valence-corrected chi connectivity index (χ4v) is 3.63. The Kier molecular flexibility index (Phi) is 7.91. The first-order chi connectivity index (χ1) is 18.1. The zero-order valence-corrected chi connectivity index (χ0v) is 20.7. The number of nitrogens with zero attached hydrogens (tertiary/aromatic N) is 4. The molecule has 12 heteroatoms. The first-order valence-corrected chi connectivity index (χ1v) is 11.7. The molecule has 0 aliphatic heterocycles. The van der Waals surface area contributed by atoms with Gasteiger partial charge in [0.1, 0.15) is 18.0 Å². The van der Waals surface area contributed by atoms with Gasteiger partial charge in [0.2, 0.25) is 0 Å². The van der Waals surface area contributed by atoms with E-state index in [9.17, 15) is 18.0 Å². The summed E-state index contributed by atoms with van der Waals surface area (Å²) in [5.41, 5.74) is 1.62. The second kappa shape index (κ2) is 11.3. The van der Waals surface area contributed by atoms with Crippen molar-refractivity contribution in [1.29, 1.82) is 0 Å². The number of carbonyl (C=O) groups is 1. The third-order valence-corrected chi connectivity index (χ3v) is 5.55. The summed E-state index contributed by atoms with van der Waals surface area (Å²) in [6.07, 6.45) is -2.53. The molecular formula is C26H26F3N7O2. The van der Waals surface area contributed by atoms with E-state index < -0.39 is 17.6 Å². The molecule has 0 saturated carbocycles. The number of aryl methyl sites for hydroxylation is 2. The fraction of sp³-hybridized carbons (Fsp3) is 0.231. The number of amides is 1. The first kappa shape index (κ1) is 26.6. The van der Waals surface area contributed by atoms with E-state index in [-0.39, 0.29) is 17.9 Å². The molecule has 0 unspecified atom stereocenters. The number of anilines is 4. The maximum absolute atomic E-state index is 13.0.